The van der Waals surface area contributed by atoms with Crippen molar-refractivity contribution < 1.29 is 4.79 Å². The van der Waals surface area contributed by atoms with Crippen molar-refractivity contribution in [2.24, 2.45) is 5.73 Å². The molecule has 0 aromatic heterocycles. The topological polar surface area (TPSA) is 61.6 Å². The van der Waals surface area contributed by atoms with Crippen molar-refractivity contribution >= 4 is 5.91 Å². The van der Waals surface area contributed by atoms with Crippen LogP contribution >= 0.6 is 0 Å². The van der Waals surface area contributed by atoms with Crippen LogP contribution in [0.2, 0.25) is 0 Å². The zero-order valence-electron chi connectivity index (χ0n) is 14.3. The van der Waals surface area contributed by atoms with Gasteiger partial charge in [0.25, 0.3) is 0 Å². The van der Waals surface area contributed by atoms with Gasteiger partial charge in [0.15, 0.2) is 0 Å². The van der Waals surface area contributed by atoms with Crippen LogP contribution in [0, 0.1) is 0 Å². The van der Waals surface area contributed by atoms with E-state index in [0.29, 0.717) is 6.04 Å². The van der Waals surface area contributed by atoms with E-state index in [2.05, 4.69) is 36.1 Å². The second-order valence-electron chi connectivity index (χ2n) is 6.86. The van der Waals surface area contributed by atoms with Crippen molar-refractivity contribution in [1.29, 1.82) is 0 Å². The maximum absolute atomic E-state index is 11.7. The molecule has 0 saturated heterocycles. The first-order chi connectivity index (χ1) is 9.87. The Balaban J connectivity index is 2.36. The molecule has 0 spiro atoms. The summed E-state index contributed by atoms with van der Waals surface area (Å²) in [4.78, 5) is 16.4. The van der Waals surface area contributed by atoms with Gasteiger partial charge >= 0.3 is 0 Å². The van der Waals surface area contributed by atoms with Crippen molar-refractivity contribution in [1.82, 2.24) is 15.1 Å². The SMILES string of the molecule is CCCN(CCCC(C)(NC1CC1)C(N)=O)CCN(C)C. The minimum Gasteiger partial charge on any atom is -0.368 e. The van der Waals surface area contributed by atoms with Crippen LogP contribution in [0.3, 0.4) is 0 Å². The molecular weight excluding hydrogens is 264 g/mol. The Labute approximate surface area is 130 Å². The molecule has 5 nitrogen and oxygen atoms in total. The highest BCUT2D eigenvalue weighted by molar-refractivity contribution is 5.84. The molecule has 1 atom stereocenters. The average Bonchev–Trinajstić information content (AvgIpc) is 3.19. The van der Waals surface area contributed by atoms with Gasteiger partial charge in [0.05, 0.1) is 5.54 Å². The number of nitrogens with one attached hydrogen (secondary N) is 1. The summed E-state index contributed by atoms with van der Waals surface area (Å²) in [5, 5.41) is 3.42. The van der Waals surface area contributed by atoms with Crippen molar-refractivity contribution in [3.63, 3.8) is 0 Å². The molecule has 1 unspecified atom stereocenters. The van der Waals surface area contributed by atoms with E-state index in [1.54, 1.807) is 0 Å². The number of amides is 1. The molecule has 0 aromatic carbocycles. The lowest BCUT2D eigenvalue weighted by Crippen LogP contribution is -2.54. The van der Waals surface area contributed by atoms with Gasteiger partial charge in [-0.25, -0.2) is 0 Å². The number of hydrogen-bond donors (Lipinski definition) is 2. The van der Waals surface area contributed by atoms with Gasteiger partial charge in [-0.15, -0.1) is 0 Å². The standard InChI is InChI=1S/C16H34N4O/c1-5-10-20(13-12-19(3)4)11-6-9-16(2,15(17)21)18-14-7-8-14/h14,18H,5-13H2,1-4H3,(H2,17,21). The maximum Gasteiger partial charge on any atom is 0.237 e. The number of nitrogens with zero attached hydrogens (tertiary/aromatic N) is 2. The van der Waals surface area contributed by atoms with Gasteiger partial charge in [-0.05, 0) is 66.2 Å². The van der Waals surface area contributed by atoms with E-state index in [0.717, 1.165) is 39.0 Å². The molecule has 1 aliphatic rings. The first-order valence-electron chi connectivity index (χ1n) is 8.32. The Morgan fingerprint density at radius 2 is 1.90 bits per heavy atom. The lowest BCUT2D eigenvalue weighted by Gasteiger charge is -2.29. The highest BCUT2D eigenvalue weighted by Gasteiger charge is 2.36. The fourth-order valence-corrected chi connectivity index (χ4v) is 2.59. The maximum atomic E-state index is 11.7. The van der Waals surface area contributed by atoms with Crippen LogP contribution in [0.15, 0.2) is 0 Å². The summed E-state index contributed by atoms with van der Waals surface area (Å²) in [7, 11) is 4.21. The molecule has 1 amide bonds. The molecule has 124 valence electrons. The molecule has 21 heavy (non-hydrogen) atoms. The third-order valence-electron chi connectivity index (χ3n) is 4.20. The quantitative estimate of drug-likeness (QED) is 0.565. The first-order valence-corrected chi connectivity index (χ1v) is 8.32. The van der Waals surface area contributed by atoms with Crippen molar-refractivity contribution in [3.05, 3.63) is 0 Å². The normalized spacial score (nSPS) is 18.2. The third kappa shape index (κ3) is 7.25. The smallest absolute Gasteiger partial charge is 0.237 e. The number of hydrogen-bond acceptors (Lipinski definition) is 4. The third-order valence-corrected chi connectivity index (χ3v) is 4.20. The van der Waals surface area contributed by atoms with Crippen LogP contribution in [-0.4, -0.2) is 67.6 Å². The summed E-state index contributed by atoms with van der Waals surface area (Å²) in [5.41, 5.74) is 5.06. The van der Waals surface area contributed by atoms with E-state index in [4.69, 9.17) is 5.73 Å². The Morgan fingerprint density at radius 3 is 2.38 bits per heavy atom. The lowest BCUT2D eigenvalue weighted by molar-refractivity contribution is -0.124. The first kappa shape index (κ1) is 18.4. The van der Waals surface area contributed by atoms with E-state index in [1.807, 2.05) is 6.92 Å². The average molecular weight is 298 g/mol. The number of carbonyl (C=O) groups excluding carboxylic acids is 1. The zero-order chi connectivity index (χ0) is 15.9. The zero-order valence-corrected chi connectivity index (χ0v) is 14.3. The molecule has 1 fully saturated rings. The predicted molar refractivity (Wildman–Crippen MR) is 88.3 cm³/mol. The van der Waals surface area contributed by atoms with Crippen molar-refractivity contribution in [3.8, 4) is 0 Å². The molecule has 0 bridgehead atoms. The van der Waals surface area contributed by atoms with Gasteiger partial charge < -0.3 is 20.9 Å². The molecule has 5 heteroatoms. The summed E-state index contributed by atoms with van der Waals surface area (Å²) in [5.74, 6) is -0.218. The Hall–Kier alpha value is -0.650. The second-order valence-corrected chi connectivity index (χ2v) is 6.86. The Kier molecular flexibility index (Phi) is 7.63. The summed E-state index contributed by atoms with van der Waals surface area (Å²) in [6.07, 6.45) is 5.34. The molecule has 0 heterocycles. The van der Waals surface area contributed by atoms with E-state index < -0.39 is 5.54 Å². The molecule has 1 aliphatic carbocycles. The van der Waals surface area contributed by atoms with Crippen molar-refractivity contribution in [2.75, 3.05) is 40.3 Å². The fraction of sp³-hybridized carbons (Fsp3) is 0.938. The summed E-state index contributed by atoms with van der Waals surface area (Å²) < 4.78 is 0. The van der Waals surface area contributed by atoms with E-state index in [1.165, 1.54) is 19.3 Å². The molecule has 0 radical (unpaired) electrons. The molecular formula is C16H34N4O. The molecule has 1 saturated carbocycles. The largest absolute Gasteiger partial charge is 0.368 e. The van der Waals surface area contributed by atoms with Crippen LogP contribution in [0.25, 0.3) is 0 Å². The highest BCUT2D eigenvalue weighted by Crippen LogP contribution is 2.24. The minimum absolute atomic E-state index is 0.218. The van der Waals surface area contributed by atoms with Gasteiger partial charge in [0.1, 0.15) is 0 Å². The highest BCUT2D eigenvalue weighted by atomic mass is 16.1. The van der Waals surface area contributed by atoms with Crippen LogP contribution < -0.4 is 11.1 Å². The van der Waals surface area contributed by atoms with Gasteiger partial charge in [0.2, 0.25) is 5.91 Å². The number of nitrogens with two attached hydrogens (primary N) is 1. The lowest BCUT2D eigenvalue weighted by atomic mass is 9.94. The van der Waals surface area contributed by atoms with Gasteiger partial charge in [0, 0.05) is 19.1 Å². The summed E-state index contributed by atoms with van der Waals surface area (Å²) in [6, 6.07) is 0.503. The van der Waals surface area contributed by atoms with E-state index >= 15 is 0 Å². The molecule has 0 aromatic rings. The molecule has 1 rings (SSSR count). The molecule has 3 N–H and O–H groups in total. The Bertz CT molecular complexity index is 317. The fourth-order valence-electron chi connectivity index (χ4n) is 2.59. The van der Waals surface area contributed by atoms with E-state index in [-0.39, 0.29) is 5.91 Å². The Morgan fingerprint density at radius 1 is 1.24 bits per heavy atom. The van der Waals surface area contributed by atoms with Crippen LogP contribution in [-0.2, 0) is 4.79 Å². The van der Waals surface area contributed by atoms with E-state index in [9.17, 15) is 4.79 Å². The minimum atomic E-state index is -0.541. The van der Waals surface area contributed by atoms with Crippen LogP contribution in [0.5, 0.6) is 0 Å². The van der Waals surface area contributed by atoms with Crippen molar-refractivity contribution in [2.45, 2.75) is 57.5 Å². The number of carbonyl (C=O) groups is 1. The van der Waals surface area contributed by atoms with Gasteiger partial charge in [-0.1, -0.05) is 6.92 Å². The number of rotatable bonds is 12. The van der Waals surface area contributed by atoms with Gasteiger partial charge in [-0.2, -0.15) is 0 Å². The number of likely N-dealkylation sites (N-methyl/N-ethyl adjacent to an activating group) is 1. The van der Waals surface area contributed by atoms with Crippen LogP contribution in [0.1, 0.15) is 46.0 Å². The second kappa shape index (κ2) is 8.71. The number of primary amides is 1. The van der Waals surface area contributed by atoms with Gasteiger partial charge in [-0.3, -0.25) is 4.79 Å². The monoisotopic (exact) mass is 298 g/mol. The van der Waals surface area contributed by atoms with Crippen LogP contribution in [0.4, 0.5) is 0 Å². The predicted octanol–water partition coefficient (Wildman–Crippen LogP) is 1.04. The summed E-state index contributed by atoms with van der Waals surface area (Å²) in [6.45, 7) is 8.49. The summed E-state index contributed by atoms with van der Waals surface area (Å²) >= 11 is 0. The molecule has 0 aliphatic heterocycles.